The molecule has 0 radical (unpaired) electrons. The van der Waals surface area contributed by atoms with Gasteiger partial charge in [0.2, 0.25) is 0 Å². The van der Waals surface area contributed by atoms with Crippen LogP contribution in [0.15, 0.2) is 66.9 Å². The third kappa shape index (κ3) is 6.24. The molecule has 42 heavy (non-hydrogen) atoms. The van der Waals surface area contributed by atoms with Crippen LogP contribution in [0.3, 0.4) is 0 Å². The molecule has 4 aromatic rings. The molecule has 3 heterocycles. The monoisotopic (exact) mass is 574 g/mol. The van der Waals surface area contributed by atoms with E-state index in [-0.39, 0.29) is 18.3 Å². The standard InChI is InChI=1S/C32H36F2N6O2/c1-38-14-6-4-11-31(38)40(37-32(41)27-8-2-3-9-28(27)36-30-10-5-7-15-42-30)39-29-13-12-22(17-24(29)21-35-39)16-23-18-25(33)20-26(34)19-23/h2-3,8-9,12-13,17-21,30-31,36H,4-7,10-11,14-16H2,1H3,(H,37,41). The van der Waals surface area contributed by atoms with Crippen LogP contribution >= 0.6 is 0 Å². The third-order valence-corrected chi connectivity index (χ3v) is 8.05. The quantitative estimate of drug-likeness (QED) is 0.268. The van der Waals surface area contributed by atoms with E-state index in [1.165, 1.54) is 12.1 Å². The van der Waals surface area contributed by atoms with Crippen molar-refractivity contribution in [2.45, 2.75) is 57.3 Å². The number of hydrogen-bond donors (Lipinski definition) is 2. The number of fused-ring (bicyclic) bond motifs is 1. The molecule has 10 heteroatoms. The predicted molar refractivity (Wildman–Crippen MR) is 159 cm³/mol. The van der Waals surface area contributed by atoms with Crippen LogP contribution in [0, 0.1) is 11.6 Å². The zero-order valence-electron chi connectivity index (χ0n) is 23.7. The van der Waals surface area contributed by atoms with E-state index in [4.69, 9.17) is 9.84 Å². The lowest BCUT2D eigenvalue weighted by Gasteiger charge is -2.41. The van der Waals surface area contributed by atoms with Crippen LogP contribution in [0.4, 0.5) is 14.5 Å². The van der Waals surface area contributed by atoms with Crippen LogP contribution in [0.25, 0.3) is 10.9 Å². The van der Waals surface area contributed by atoms with E-state index in [1.54, 1.807) is 11.0 Å². The second kappa shape index (κ2) is 12.5. The summed E-state index contributed by atoms with van der Waals surface area (Å²) in [6.45, 7) is 1.61. The molecule has 220 valence electrons. The Kier molecular flexibility index (Phi) is 8.34. The van der Waals surface area contributed by atoms with Crippen LogP contribution in [0.1, 0.15) is 60.0 Å². The lowest BCUT2D eigenvalue weighted by atomic mass is 10.0. The Bertz CT molecular complexity index is 1530. The summed E-state index contributed by atoms with van der Waals surface area (Å²) in [6.07, 6.45) is 7.91. The third-order valence-electron chi connectivity index (χ3n) is 8.05. The van der Waals surface area contributed by atoms with Crippen molar-refractivity contribution in [3.63, 3.8) is 0 Å². The maximum absolute atomic E-state index is 13.9. The summed E-state index contributed by atoms with van der Waals surface area (Å²) in [7, 11) is 2.06. The Morgan fingerprint density at radius 1 is 1.00 bits per heavy atom. The molecule has 1 amide bonds. The van der Waals surface area contributed by atoms with Crippen LogP contribution in [0.5, 0.6) is 0 Å². The highest BCUT2D eigenvalue weighted by molar-refractivity contribution is 6.00. The number of ether oxygens (including phenoxy) is 1. The van der Waals surface area contributed by atoms with E-state index in [2.05, 4.69) is 22.7 Å². The lowest BCUT2D eigenvalue weighted by molar-refractivity contribution is 0.0343. The summed E-state index contributed by atoms with van der Waals surface area (Å²) >= 11 is 0. The number of benzene rings is 3. The maximum Gasteiger partial charge on any atom is 0.273 e. The number of anilines is 1. The normalized spacial score (nSPS) is 19.5. The summed E-state index contributed by atoms with van der Waals surface area (Å²) in [5.41, 5.74) is 6.68. The molecule has 0 aliphatic carbocycles. The van der Waals surface area contributed by atoms with Crippen molar-refractivity contribution in [3.8, 4) is 0 Å². The van der Waals surface area contributed by atoms with Crippen molar-refractivity contribution >= 4 is 22.5 Å². The number of hydrogen-bond acceptors (Lipinski definition) is 6. The Morgan fingerprint density at radius 3 is 2.60 bits per heavy atom. The number of likely N-dealkylation sites (tertiary alicyclic amines) is 1. The van der Waals surface area contributed by atoms with Gasteiger partial charge in [-0.2, -0.15) is 15.0 Å². The van der Waals surface area contributed by atoms with E-state index in [0.717, 1.165) is 73.3 Å². The number of amides is 1. The van der Waals surface area contributed by atoms with Crippen molar-refractivity contribution in [2.75, 3.05) is 30.6 Å². The zero-order valence-corrected chi connectivity index (χ0v) is 23.7. The number of hydrazine groups is 1. The van der Waals surface area contributed by atoms with Crippen molar-refractivity contribution in [2.24, 2.45) is 0 Å². The fourth-order valence-corrected chi connectivity index (χ4v) is 5.91. The topological polar surface area (TPSA) is 74.7 Å². The van der Waals surface area contributed by atoms with Crippen LogP contribution in [-0.2, 0) is 11.2 Å². The van der Waals surface area contributed by atoms with Gasteiger partial charge in [-0.05, 0) is 106 Å². The highest BCUT2D eigenvalue weighted by atomic mass is 19.1. The van der Waals surface area contributed by atoms with Crippen molar-refractivity contribution in [1.29, 1.82) is 0 Å². The molecule has 2 N–H and O–H groups in total. The number of aromatic nitrogens is 2. The fourth-order valence-electron chi connectivity index (χ4n) is 5.91. The van der Waals surface area contributed by atoms with Crippen LogP contribution < -0.4 is 15.9 Å². The molecule has 2 aliphatic rings. The largest absolute Gasteiger partial charge is 0.359 e. The smallest absolute Gasteiger partial charge is 0.273 e. The predicted octanol–water partition coefficient (Wildman–Crippen LogP) is 5.57. The number of nitrogens with zero attached hydrogens (tertiary/aromatic N) is 4. The first kappa shape index (κ1) is 28.1. The first-order chi connectivity index (χ1) is 20.4. The highest BCUT2D eigenvalue weighted by Gasteiger charge is 2.30. The van der Waals surface area contributed by atoms with Gasteiger partial charge in [0, 0.05) is 23.7 Å². The molecule has 2 atom stereocenters. The van der Waals surface area contributed by atoms with Gasteiger partial charge in [0.1, 0.15) is 24.0 Å². The van der Waals surface area contributed by atoms with Gasteiger partial charge in [0.15, 0.2) is 0 Å². The molecule has 0 bridgehead atoms. The number of para-hydroxylation sites is 1. The van der Waals surface area contributed by atoms with Crippen molar-refractivity contribution < 1.29 is 18.3 Å². The molecule has 3 aromatic carbocycles. The lowest BCUT2D eigenvalue weighted by Crippen LogP contribution is -2.62. The van der Waals surface area contributed by atoms with E-state index in [9.17, 15) is 13.6 Å². The molecule has 2 saturated heterocycles. The van der Waals surface area contributed by atoms with E-state index >= 15 is 0 Å². The molecular formula is C32H36F2N6O2. The van der Waals surface area contributed by atoms with Crippen LogP contribution in [0.2, 0.25) is 0 Å². The van der Waals surface area contributed by atoms with Gasteiger partial charge < -0.3 is 10.1 Å². The summed E-state index contributed by atoms with van der Waals surface area (Å²) < 4.78 is 33.4. The number of piperidine rings is 1. The Morgan fingerprint density at radius 2 is 1.81 bits per heavy atom. The summed E-state index contributed by atoms with van der Waals surface area (Å²) in [4.78, 5) is 17.8. The van der Waals surface area contributed by atoms with Gasteiger partial charge in [0.25, 0.3) is 5.91 Å². The zero-order chi connectivity index (χ0) is 29.1. The SMILES string of the molecule is CN1CCCCC1N(NC(=O)c1ccccc1NC1CCCCO1)n1ncc2cc(Cc3cc(F)cc(F)c3)ccc21. The molecule has 0 saturated carbocycles. The minimum absolute atomic E-state index is 0.109. The number of rotatable bonds is 8. The minimum Gasteiger partial charge on any atom is -0.359 e. The Hall–Kier alpha value is -4.02. The fraction of sp³-hybridized carbons (Fsp3) is 0.375. The van der Waals surface area contributed by atoms with Crippen molar-refractivity contribution in [3.05, 3.63) is 95.2 Å². The van der Waals surface area contributed by atoms with E-state index in [0.29, 0.717) is 24.2 Å². The van der Waals surface area contributed by atoms with Gasteiger partial charge in [-0.15, -0.1) is 0 Å². The van der Waals surface area contributed by atoms with E-state index < -0.39 is 11.6 Å². The second-order valence-corrected chi connectivity index (χ2v) is 11.2. The molecule has 8 nitrogen and oxygen atoms in total. The molecule has 6 rings (SSSR count). The number of halogens is 2. The average Bonchev–Trinajstić information content (AvgIpc) is 3.39. The number of nitrogens with one attached hydrogen (secondary N) is 2. The highest BCUT2D eigenvalue weighted by Crippen LogP contribution is 2.24. The molecule has 2 aliphatic heterocycles. The maximum atomic E-state index is 13.9. The van der Waals surface area contributed by atoms with Crippen LogP contribution in [-0.4, -0.2) is 53.3 Å². The summed E-state index contributed by atoms with van der Waals surface area (Å²) in [6, 6.07) is 16.9. The summed E-state index contributed by atoms with van der Waals surface area (Å²) in [5.74, 6) is -1.43. The van der Waals surface area contributed by atoms with Crippen molar-refractivity contribution in [1.82, 2.24) is 20.2 Å². The molecular weight excluding hydrogens is 538 g/mol. The molecule has 0 spiro atoms. The van der Waals surface area contributed by atoms with Gasteiger partial charge in [-0.25, -0.2) is 14.2 Å². The number of carbonyl (C=O) groups is 1. The van der Waals surface area contributed by atoms with Gasteiger partial charge in [-0.1, -0.05) is 18.2 Å². The Labute approximate surface area is 244 Å². The van der Waals surface area contributed by atoms with E-state index in [1.807, 2.05) is 47.6 Å². The second-order valence-electron chi connectivity index (χ2n) is 11.2. The molecule has 2 fully saturated rings. The number of carbonyl (C=O) groups excluding carboxylic acids is 1. The minimum atomic E-state index is -0.593. The van der Waals surface area contributed by atoms with Gasteiger partial charge in [0.05, 0.1) is 17.3 Å². The Balaban J connectivity index is 1.29. The van der Waals surface area contributed by atoms with Gasteiger partial charge >= 0.3 is 0 Å². The summed E-state index contributed by atoms with van der Waals surface area (Å²) in [5, 5.41) is 10.8. The first-order valence-corrected chi connectivity index (χ1v) is 14.6. The van der Waals surface area contributed by atoms with Gasteiger partial charge in [-0.3, -0.25) is 9.69 Å². The molecule has 2 unspecified atom stereocenters. The first-order valence-electron chi connectivity index (χ1n) is 14.6. The average molecular weight is 575 g/mol. The molecule has 1 aromatic heterocycles.